The predicted octanol–water partition coefficient (Wildman–Crippen LogP) is 4.15. The number of rotatable bonds is 7. The van der Waals surface area contributed by atoms with E-state index in [9.17, 15) is 9.59 Å². The van der Waals surface area contributed by atoms with Crippen molar-refractivity contribution >= 4 is 29.2 Å². The van der Waals surface area contributed by atoms with Gasteiger partial charge >= 0.3 is 0 Å². The lowest BCUT2D eigenvalue weighted by Gasteiger charge is -2.14. The quantitative estimate of drug-likeness (QED) is 0.388. The molecule has 2 N–H and O–H groups in total. The predicted molar refractivity (Wildman–Crippen MR) is 127 cm³/mol. The van der Waals surface area contributed by atoms with Crippen LogP contribution in [0.15, 0.2) is 67.3 Å². The van der Waals surface area contributed by atoms with Crippen LogP contribution in [-0.2, 0) is 13.6 Å². The first-order chi connectivity index (χ1) is 16.4. The van der Waals surface area contributed by atoms with Crippen molar-refractivity contribution in [2.75, 3.05) is 5.32 Å². The Morgan fingerprint density at radius 1 is 1.12 bits per heavy atom. The van der Waals surface area contributed by atoms with E-state index in [1.54, 1.807) is 56.8 Å². The number of nitrogens with one attached hydrogen (secondary N) is 2. The molecule has 0 aliphatic heterocycles. The summed E-state index contributed by atoms with van der Waals surface area (Å²) in [5.41, 5.74) is 2.47. The van der Waals surface area contributed by atoms with Crippen molar-refractivity contribution in [1.29, 1.82) is 0 Å². The molecule has 172 valence electrons. The molecule has 0 bridgehead atoms. The van der Waals surface area contributed by atoms with Crippen LogP contribution >= 0.6 is 11.6 Å². The minimum absolute atomic E-state index is 0.142. The Morgan fingerprint density at radius 3 is 2.65 bits per heavy atom. The maximum absolute atomic E-state index is 12.7. The second kappa shape index (κ2) is 10.1. The number of carbonyl (C=O) groups is 2. The normalized spacial score (nSPS) is 10.6. The zero-order valence-corrected chi connectivity index (χ0v) is 19.2. The van der Waals surface area contributed by atoms with Gasteiger partial charge in [-0.3, -0.25) is 19.3 Å². The van der Waals surface area contributed by atoms with Gasteiger partial charge in [-0.05, 0) is 36.8 Å². The highest BCUT2D eigenvalue weighted by Gasteiger charge is 2.15. The highest BCUT2D eigenvalue weighted by molar-refractivity contribution is 6.29. The van der Waals surface area contributed by atoms with Gasteiger partial charge in [0.2, 0.25) is 0 Å². The summed E-state index contributed by atoms with van der Waals surface area (Å²) in [5.74, 6) is 0.456. The summed E-state index contributed by atoms with van der Waals surface area (Å²) in [7, 11) is 1.72. The molecule has 34 heavy (non-hydrogen) atoms. The first-order valence-electron chi connectivity index (χ1n) is 10.3. The lowest BCUT2D eigenvalue weighted by atomic mass is 10.1. The lowest BCUT2D eigenvalue weighted by Crippen LogP contribution is -2.23. The molecule has 9 nitrogen and oxygen atoms in total. The molecule has 0 spiro atoms. The van der Waals surface area contributed by atoms with E-state index in [2.05, 4.69) is 25.7 Å². The molecule has 4 rings (SSSR count). The minimum Gasteiger partial charge on any atom is -0.457 e. The Balaban J connectivity index is 1.49. The molecule has 0 saturated heterocycles. The molecule has 0 aliphatic carbocycles. The van der Waals surface area contributed by atoms with Gasteiger partial charge in [0, 0.05) is 55.4 Å². The Hall–Kier alpha value is -4.24. The second-order valence-corrected chi connectivity index (χ2v) is 7.82. The van der Waals surface area contributed by atoms with Crippen LogP contribution in [0.25, 0.3) is 0 Å². The number of halogens is 1. The molecule has 3 heterocycles. The smallest absolute Gasteiger partial charge is 0.260 e. The maximum Gasteiger partial charge on any atom is 0.260 e. The summed E-state index contributed by atoms with van der Waals surface area (Å²) < 4.78 is 7.52. The zero-order valence-electron chi connectivity index (χ0n) is 18.4. The van der Waals surface area contributed by atoms with Crippen LogP contribution in [0.5, 0.6) is 11.5 Å². The first kappa shape index (κ1) is 22.9. The number of amides is 2. The number of anilines is 1. The van der Waals surface area contributed by atoms with E-state index in [1.807, 2.05) is 12.1 Å². The van der Waals surface area contributed by atoms with Crippen molar-refractivity contribution in [2.24, 2.45) is 7.05 Å². The molecule has 0 aliphatic rings. The van der Waals surface area contributed by atoms with E-state index < -0.39 is 0 Å². The van der Waals surface area contributed by atoms with Crippen molar-refractivity contribution < 1.29 is 14.3 Å². The largest absolute Gasteiger partial charge is 0.457 e. The van der Waals surface area contributed by atoms with E-state index in [0.29, 0.717) is 34.7 Å². The number of aromatic nitrogens is 4. The Morgan fingerprint density at radius 2 is 1.91 bits per heavy atom. The number of carbonyl (C=O) groups excluding carboxylic acids is 2. The molecule has 0 unspecified atom stereocenters. The van der Waals surface area contributed by atoms with E-state index in [0.717, 1.165) is 5.56 Å². The van der Waals surface area contributed by atoms with Crippen LogP contribution < -0.4 is 15.4 Å². The summed E-state index contributed by atoms with van der Waals surface area (Å²) in [4.78, 5) is 33.2. The third kappa shape index (κ3) is 5.57. The molecule has 0 saturated carbocycles. The lowest BCUT2D eigenvalue weighted by molar-refractivity contribution is 0.0949. The van der Waals surface area contributed by atoms with Crippen molar-refractivity contribution in [2.45, 2.75) is 13.5 Å². The molecular weight excluding hydrogens is 456 g/mol. The zero-order chi connectivity index (χ0) is 24.1. The highest BCUT2D eigenvalue weighted by atomic mass is 35.5. The van der Waals surface area contributed by atoms with Crippen LogP contribution in [0.2, 0.25) is 5.15 Å². The Bertz CT molecular complexity index is 1340. The summed E-state index contributed by atoms with van der Waals surface area (Å²) in [6, 6.07) is 12.0. The molecule has 0 atom stereocenters. The average Bonchev–Trinajstić information content (AvgIpc) is 3.26. The number of aryl methyl sites for hydroxylation is 1. The number of nitrogens with zero attached hydrogens (tertiary/aromatic N) is 4. The summed E-state index contributed by atoms with van der Waals surface area (Å²) in [6.45, 7) is 2.18. The number of hydrogen-bond donors (Lipinski definition) is 2. The van der Waals surface area contributed by atoms with Crippen molar-refractivity contribution in [3.8, 4) is 11.5 Å². The standard InChI is InChI=1S/C24H21ClN6O3/c1-15-19(24(33)27-12-16-6-8-26-9-7-16)4-3-5-20(15)34-18-10-21(25)29-22(11-18)30-23(32)17-13-28-31(2)14-17/h3-11,13-14H,12H2,1-2H3,(H,27,33)(H,29,30,32). The maximum atomic E-state index is 12.7. The molecule has 0 radical (unpaired) electrons. The molecular formula is C24H21ClN6O3. The van der Waals surface area contributed by atoms with Crippen molar-refractivity contribution in [3.05, 3.63) is 94.7 Å². The van der Waals surface area contributed by atoms with E-state index in [1.165, 1.54) is 16.9 Å². The van der Waals surface area contributed by atoms with Gasteiger partial charge in [0.05, 0.1) is 11.8 Å². The van der Waals surface area contributed by atoms with Crippen molar-refractivity contribution in [1.82, 2.24) is 25.1 Å². The monoisotopic (exact) mass is 476 g/mol. The van der Waals surface area contributed by atoms with Gasteiger partial charge < -0.3 is 15.4 Å². The number of ether oxygens (including phenoxy) is 1. The third-order valence-electron chi connectivity index (χ3n) is 4.94. The molecule has 4 aromatic rings. The third-order valence-corrected chi connectivity index (χ3v) is 5.13. The van der Waals surface area contributed by atoms with Gasteiger partial charge in [-0.15, -0.1) is 0 Å². The van der Waals surface area contributed by atoms with Crippen LogP contribution in [-0.4, -0.2) is 31.6 Å². The molecule has 0 fully saturated rings. The van der Waals surface area contributed by atoms with Crippen molar-refractivity contribution in [3.63, 3.8) is 0 Å². The van der Waals surface area contributed by atoms with Gasteiger partial charge in [-0.2, -0.15) is 5.10 Å². The summed E-state index contributed by atoms with van der Waals surface area (Å²) >= 11 is 6.14. The van der Waals surface area contributed by atoms with E-state index >= 15 is 0 Å². The summed E-state index contributed by atoms with van der Waals surface area (Å²) in [5, 5.41) is 9.70. The highest BCUT2D eigenvalue weighted by Crippen LogP contribution is 2.30. The fourth-order valence-corrected chi connectivity index (χ4v) is 3.40. The first-order valence-corrected chi connectivity index (χ1v) is 10.7. The van der Waals surface area contributed by atoms with Crippen LogP contribution in [0.3, 0.4) is 0 Å². The van der Waals surface area contributed by atoms with Gasteiger partial charge in [0.25, 0.3) is 11.8 Å². The van der Waals surface area contributed by atoms with E-state index in [4.69, 9.17) is 16.3 Å². The Kier molecular flexibility index (Phi) is 6.84. The SMILES string of the molecule is Cc1c(Oc2cc(Cl)nc(NC(=O)c3cnn(C)c3)c2)cccc1C(=O)NCc1ccncc1. The van der Waals surface area contributed by atoms with Gasteiger partial charge in [0.1, 0.15) is 22.5 Å². The molecule has 1 aromatic carbocycles. The topological polar surface area (TPSA) is 111 Å². The fraction of sp³-hybridized carbons (Fsp3) is 0.125. The van der Waals surface area contributed by atoms with Gasteiger partial charge in [-0.1, -0.05) is 17.7 Å². The van der Waals surface area contributed by atoms with Crippen LogP contribution in [0.4, 0.5) is 5.82 Å². The average molecular weight is 477 g/mol. The van der Waals surface area contributed by atoms with Gasteiger partial charge in [-0.25, -0.2) is 4.98 Å². The van der Waals surface area contributed by atoms with Crippen LogP contribution in [0.1, 0.15) is 31.8 Å². The minimum atomic E-state index is -0.377. The fourth-order valence-electron chi connectivity index (χ4n) is 3.20. The number of hydrogen-bond acceptors (Lipinski definition) is 6. The molecule has 3 aromatic heterocycles. The van der Waals surface area contributed by atoms with Gasteiger partial charge in [0.15, 0.2) is 0 Å². The number of pyridine rings is 2. The van der Waals surface area contributed by atoms with Crippen LogP contribution in [0, 0.1) is 6.92 Å². The number of benzene rings is 1. The molecule has 10 heteroatoms. The summed E-state index contributed by atoms with van der Waals surface area (Å²) in [6.07, 6.45) is 6.39. The Labute approximate surface area is 200 Å². The second-order valence-electron chi connectivity index (χ2n) is 7.44. The van der Waals surface area contributed by atoms with E-state index in [-0.39, 0.29) is 22.8 Å². The molecule has 2 amide bonds.